The number of nitrogens with zero attached hydrogens (tertiary/aromatic N) is 3. The summed E-state index contributed by atoms with van der Waals surface area (Å²) in [6.07, 6.45) is 7.95. The molecule has 0 spiro atoms. The first-order chi connectivity index (χ1) is 13.3. The molecule has 2 aromatic heterocycles. The fourth-order valence-electron chi connectivity index (χ4n) is 4.70. The van der Waals surface area contributed by atoms with Crippen LogP contribution in [-0.2, 0) is 0 Å². The van der Waals surface area contributed by atoms with Gasteiger partial charge < -0.3 is 16.0 Å². The van der Waals surface area contributed by atoms with Crippen molar-refractivity contribution in [3.8, 4) is 0 Å². The van der Waals surface area contributed by atoms with Gasteiger partial charge in [0.25, 0.3) is 0 Å². The van der Waals surface area contributed by atoms with E-state index in [0.29, 0.717) is 18.0 Å². The zero-order valence-electron chi connectivity index (χ0n) is 15.4. The lowest BCUT2D eigenvalue weighted by atomic mass is 9.81. The van der Waals surface area contributed by atoms with Crippen LogP contribution < -0.4 is 26.8 Å². The van der Waals surface area contributed by atoms with E-state index in [9.17, 15) is 0 Å². The van der Waals surface area contributed by atoms with Gasteiger partial charge in [-0.1, -0.05) is 12.1 Å². The molecule has 142 valence electrons. The molecule has 5 atom stereocenters. The maximum Gasteiger partial charge on any atom is 0.128 e. The molecule has 27 heavy (non-hydrogen) atoms. The first-order valence-electron chi connectivity index (χ1n) is 9.89. The monoisotopic (exact) mass is 365 g/mol. The van der Waals surface area contributed by atoms with Crippen molar-refractivity contribution in [3.63, 3.8) is 0 Å². The van der Waals surface area contributed by atoms with E-state index in [0.717, 1.165) is 38.3 Å². The van der Waals surface area contributed by atoms with Crippen LogP contribution in [0.1, 0.15) is 36.1 Å². The Labute approximate surface area is 159 Å². The summed E-state index contributed by atoms with van der Waals surface area (Å²) in [5, 5.41) is 3.65. The van der Waals surface area contributed by atoms with Gasteiger partial charge in [-0.05, 0) is 42.0 Å². The van der Waals surface area contributed by atoms with Gasteiger partial charge >= 0.3 is 0 Å². The summed E-state index contributed by atoms with van der Waals surface area (Å²) in [6.45, 7) is 2.85. The van der Waals surface area contributed by atoms with Crippen molar-refractivity contribution < 1.29 is 0 Å². The molecule has 3 saturated heterocycles. The maximum absolute atomic E-state index is 6.03. The second-order valence-electron chi connectivity index (χ2n) is 7.96. The molecule has 5 N–H and O–H groups in total. The number of pyridine rings is 2. The number of nitrogens with two attached hydrogens (primary N) is 1. The zero-order valence-corrected chi connectivity index (χ0v) is 15.4. The number of aromatic nitrogens is 2. The van der Waals surface area contributed by atoms with Crippen LogP contribution in [0.3, 0.4) is 0 Å². The average molecular weight is 365 g/mol. The molecule has 0 radical (unpaired) electrons. The quantitative estimate of drug-likeness (QED) is 0.642. The first-order valence-corrected chi connectivity index (χ1v) is 9.89. The Morgan fingerprint density at radius 2 is 2.07 bits per heavy atom. The summed E-state index contributed by atoms with van der Waals surface area (Å²) in [4.78, 5) is 11.3. The normalized spacial score (nSPS) is 33.2. The SMILES string of the molecule is N[C@@H]1CCN(c2ccc(C3NNC4CNC(c5cccnc5)CC43)cn2)C1. The lowest BCUT2D eigenvalue weighted by Crippen LogP contribution is -2.46. The molecule has 0 saturated carbocycles. The topological polar surface area (TPSA) is 91.1 Å². The molecule has 5 heterocycles. The number of fused-ring (bicyclic) bond motifs is 1. The van der Waals surface area contributed by atoms with Crippen LogP contribution in [0.25, 0.3) is 0 Å². The lowest BCUT2D eigenvalue weighted by Gasteiger charge is -2.34. The fourth-order valence-corrected chi connectivity index (χ4v) is 4.70. The smallest absolute Gasteiger partial charge is 0.128 e. The highest BCUT2D eigenvalue weighted by molar-refractivity contribution is 5.41. The summed E-state index contributed by atoms with van der Waals surface area (Å²) in [5.74, 6) is 1.55. The highest BCUT2D eigenvalue weighted by Gasteiger charge is 2.41. The van der Waals surface area contributed by atoms with Crippen LogP contribution in [0, 0.1) is 5.92 Å². The minimum Gasteiger partial charge on any atom is -0.355 e. The predicted molar refractivity (Wildman–Crippen MR) is 105 cm³/mol. The highest BCUT2D eigenvalue weighted by atomic mass is 15.4. The van der Waals surface area contributed by atoms with Gasteiger partial charge in [0.05, 0.1) is 6.04 Å². The number of rotatable bonds is 3. The largest absolute Gasteiger partial charge is 0.355 e. The first kappa shape index (κ1) is 17.1. The third kappa shape index (κ3) is 3.32. The van der Waals surface area contributed by atoms with E-state index in [1.165, 1.54) is 11.1 Å². The van der Waals surface area contributed by atoms with Crippen molar-refractivity contribution in [2.75, 3.05) is 24.5 Å². The van der Waals surface area contributed by atoms with E-state index in [1.807, 2.05) is 24.7 Å². The van der Waals surface area contributed by atoms with Crippen LogP contribution in [0.5, 0.6) is 0 Å². The van der Waals surface area contributed by atoms with Gasteiger partial charge in [0.15, 0.2) is 0 Å². The molecule has 3 fully saturated rings. The predicted octanol–water partition coefficient (Wildman–Crippen LogP) is 0.882. The third-order valence-corrected chi connectivity index (χ3v) is 6.23. The average Bonchev–Trinajstić information content (AvgIpc) is 3.34. The van der Waals surface area contributed by atoms with E-state index in [4.69, 9.17) is 10.7 Å². The third-order valence-electron chi connectivity index (χ3n) is 6.23. The molecular weight excluding hydrogens is 338 g/mol. The van der Waals surface area contributed by atoms with E-state index >= 15 is 0 Å². The Bertz CT molecular complexity index is 766. The van der Waals surface area contributed by atoms with Crippen LogP contribution >= 0.6 is 0 Å². The van der Waals surface area contributed by atoms with E-state index < -0.39 is 0 Å². The summed E-state index contributed by atoms with van der Waals surface area (Å²) < 4.78 is 0. The van der Waals surface area contributed by atoms with Gasteiger partial charge in [-0.25, -0.2) is 10.4 Å². The molecule has 7 heteroatoms. The Hall–Kier alpha value is -2.06. The van der Waals surface area contributed by atoms with Crippen molar-refractivity contribution in [2.24, 2.45) is 11.7 Å². The summed E-state index contributed by atoms with van der Waals surface area (Å²) in [5.41, 5.74) is 15.5. The molecule has 5 rings (SSSR count). The van der Waals surface area contributed by atoms with Gasteiger partial charge in [-0.3, -0.25) is 10.4 Å². The molecule has 0 bridgehead atoms. The number of hydrazine groups is 1. The van der Waals surface area contributed by atoms with Crippen molar-refractivity contribution in [1.29, 1.82) is 0 Å². The molecule has 0 amide bonds. The van der Waals surface area contributed by atoms with Crippen molar-refractivity contribution in [3.05, 3.63) is 54.0 Å². The Kier molecular flexibility index (Phi) is 4.53. The molecule has 4 unspecified atom stereocenters. The van der Waals surface area contributed by atoms with Crippen LogP contribution in [0.2, 0.25) is 0 Å². The number of hydrogen-bond donors (Lipinski definition) is 4. The Morgan fingerprint density at radius 1 is 1.11 bits per heavy atom. The van der Waals surface area contributed by atoms with Gasteiger partial charge in [-0.2, -0.15) is 0 Å². The molecular formula is C20H27N7. The van der Waals surface area contributed by atoms with Crippen LogP contribution in [-0.4, -0.2) is 41.7 Å². The summed E-state index contributed by atoms with van der Waals surface area (Å²) in [6, 6.07) is 9.86. The zero-order chi connectivity index (χ0) is 18.2. The van der Waals surface area contributed by atoms with Crippen molar-refractivity contribution in [1.82, 2.24) is 26.1 Å². The Morgan fingerprint density at radius 3 is 2.81 bits per heavy atom. The Balaban J connectivity index is 1.31. The number of anilines is 1. The van der Waals surface area contributed by atoms with Crippen LogP contribution in [0.4, 0.5) is 5.82 Å². The minimum absolute atomic E-state index is 0.270. The van der Waals surface area contributed by atoms with Gasteiger partial charge in [0.1, 0.15) is 5.82 Å². The minimum atomic E-state index is 0.270. The lowest BCUT2D eigenvalue weighted by molar-refractivity contribution is 0.266. The standard InChI is InChI=1S/C20H27N7/c21-15-5-7-27(12-15)19-4-3-14(10-24-19)20-16-8-17(13-2-1-6-22-9-13)23-11-18(16)25-26-20/h1-4,6,9-10,15-18,20,23,25-26H,5,7-8,11-12,21H2/t15-,16?,17?,18?,20?/m1/s1. The van der Waals surface area contributed by atoms with E-state index in [1.54, 1.807) is 0 Å². The highest BCUT2D eigenvalue weighted by Crippen LogP contribution is 2.38. The van der Waals surface area contributed by atoms with Gasteiger partial charge in [0, 0.05) is 56.4 Å². The van der Waals surface area contributed by atoms with Crippen molar-refractivity contribution in [2.45, 2.75) is 37.0 Å². The van der Waals surface area contributed by atoms with Gasteiger partial charge in [0.2, 0.25) is 0 Å². The number of nitrogens with one attached hydrogen (secondary N) is 3. The molecule has 3 aliphatic heterocycles. The summed E-state index contributed by atoms with van der Waals surface area (Å²) in [7, 11) is 0. The van der Waals surface area contributed by atoms with Crippen molar-refractivity contribution >= 4 is 5.82 Å². The summed E-state index contributed by atoms with van der Waals surface area (Å²) >= 11 is 0. The van der Waals surface area contributed by atoms with E-state index in [-0.39, 0.29) is 12.1 Å². The number of hydrogen-bond acceptors (Lipinski definition) is 7. The molecule has 2 aromatic rings. The van der Waals surface area contributed by atoms with Gasteiger partial charge in [-0.15, -0.1) is 0 Å². The molecule has 0 aromatic carbocycles. The maximum atomic E-state index is 6.03. The van der Waals surface area contributed by atoms with Crippen LogP contribution in [0.15, 0.2) is 42.9 Å². The second-order valence-corrected chi connectivity index (χ2v) is 7.96. The molecule has 0 aliphatic carbocycles. The molecule has 3 aliphatic rings. The molecule has 7 nitrogen and oxygen atoms in total. The number of piperidine rings is 1. The fraction of sp³-hybridized carbons (Fsp3) is 0.500. The van der Waals surface area contributed by atoms with E-state index in [2.05, 4.69) is 44.3 Å². The second kappa shape index (κ2) is 7.16.